The fourth-order valence-electron chi connectivity index (χ4n) is 2.58. The molecule has 3 aromatic rings. The standard InChI is InChI=1S/C15H13ClN6O2/c1-8-7-24-15(23)22(8)10-3-2-9-5-17-14(19-11(9)4-10)20-12-6-18-21-13(12)16/h2-6,8H,7H2,1H3,(H,18,21)(H,17,19,20)/t8-/m0/s1. The second kappa shape index (κ2) is 5.64. The van der Waals surface area contributed by atoms with Gasteiger partial charge in [-0.3, -0.25) is 10.00 Å². The van der Waals surface area contributed by atoms with Crippen LogP contribution in [0.1, 0.15) is 6.92 Å². The van der Waals surface area contributed by atoms with Gasteiger partial charge in [0.1, 0.15) is 11.8 Å². The fraction of sp³-hybridized carbons (Fsp3) is 0.200. The minimum atomic E-state index is -0.348. The van der Waals surface area contributed by atoms with Gasteiger partial charge in [0, 0.05) is 17.3 Å². The third kappa shape index (κ3) is 2.50. The number of hydrogen-bond donors (Lipinski definition) is 2. The molecule has 0 aliphatic carbocycles. The number of carbonyl (C=O) groups excluding carboxylic acids is 1. The number of cyclic esters (lactones) is 1. The maximum absolute atomic E-state index is 11.9. The van der Waals surface area contributed by atoms with Gasteiger partial charge >= 0.3 is 6.09 Å². The SMILES string of the molecule is C[C@H]1COC(=O)N1c1ccc2cnc(Nc3cn[nH]c3Cl)nc2c1. The second-order valence-corrected chi connectivity index (χ2v) is 5.83. The smallest absolute Gasteiger partial charge is 0.414 e. The van der Waals surface area contributed by atoms with E-state index in [4.69, 9.17) is 16.3 Å². The molecule has 0 saturated carbocycles. The molecule has 1 atom stereocenters. The minimum Gasteiger partial charge on any atom is -0.447 e. The van der Waals surface area contributed by atoms with Gasteiger partial charge in [-0.15, -0.1) is 0 Å². The van der Waals surface area contributed by atoms with Crippen molar-refractivity contribution in [3.8, 4) is 0 Å². The molecule has 1 aromatic carbocycles. The summed E-state index contributed by atoms with van der Waals surface area (Å²) < 4.78 is 5.07. The van der Waals surface area contributed by atoms with Gasteiger partial charge in [0.15, 0.2) is 0 Å². The minimum absolute atomic E-state index is 0.0147. The Morgan fingerprint density at radius 2 is 2.29 bits per heavy atom. The Hall–Kier alpha value is -2.87. The van der Waals surface area contributed by atoms with Crippen molar-refractivity contribution in [1.29, 1.82) is 0 Å². The molecule has 2 aromatic heterocycles. The largest absolute Gasteiger partial charge is 0.447 e. The van der Waals surface area contributed by atoms with Gasteiger partial charge < -0.3 is 10.1 Å². The van der Waals surface area contributed by atoms with Crippen LogP contribution < -0.4 is 10.2 Å². The van der Waals surface area contributed by atoms with E-state index in [1.165, 1.54) is 0 Å². The van der Waals surface area contributed by atoms with Crippen LogP contribution in [0.2, 0.25) is 5.15 Å². The van der Waals surface area contributed by atoms with E-state index in [-0.39, 0.29) is 12.1 Å². The first-order chi connectivity index (χ1) is 11.6. The van der Waals surface area contributed by atoms with Crippen LogP contribution in [0.25, 0.3) is 10.9 Å². The van der Waals surface area contributed by atoms with Gasteiger partial charge in [0.2, 0.25) is 5.95 Å². The molecule has 8 nitrogen and oxygen atoms in total. The number of aromatic amines is 1. The fourth-order valence-corrected chi connectivity index (χ4v) is 2.72. The van der Waals surface area contributed by atoms with Crippen molar-refractivity contribution in [2.45, 2.75) is 13.0 Å². The number of H-pyrrole nitrogens is 1. The third-order valence-corrected chi connectivity index (χ3v) is 4.06. The van der Waals surface area contributed by atoms with Crippen LogP contribution in [0.5, 0.6) is 0 Å². The third-order valence-electron chi connectivity index (χ3n) is 3.77. The number of rotatable bonds is 3. The summed E-state index contributed by atoms with van der Waals surface area (Å²) >= 11 is 5.96. The van der Waals surface area contributed by atoms with Crippen LogP contribution >= 0.6 is 11.6 Å². The Labute approximate surface area is 141 Å². The lowest BCUT2D eigenvalue weighted by atomic mass is 10.2. The number of amides is 1. The number of anilines is 3. The van der Waals surface area contributed by atoms with Crippen LogP contribution in [0, 0.1) is 0 Å². The van der Waals surface area contributed by atoms with Crippen LogP contribution in [-0.4, -0.2) is 38.9 Å². The summed E-state index contributed by atoms with van der Waals surface area (Å²) in [6.07, 6.45) is 2.90. The van der Waals surface area contributed by atoms with Crippen LogP contribution in [0.15, 0.2) is 30.6 Å². The lowest BCUT2D eigenvalue weighted by molar-refractivity contribution is 0.179. The number of ether oxygens (including phenoxy) is 1. The predicted octanol–water partition coefficient (Wildman–Crippen LogP) is 3.10. The zero-order chi connectivity index (χ0) is 16.7. The molecule has 4 rings (SSSR count). The zero-order valence-corrected chi connectivity index (χ0v) is 13.4. The van der Waals surface area contributed by atoms with Crippen LogP contribution in [-0.2, 0) is 4.74 Å². The molecule has 1 aliphatic rings. The van der Waals surface area contributed by atoms with Gasteiger partial charge in [0.25, 0.3) is 0 Å². The summed E-state index contributed by atoms with van der Waals surface area (Å²) in [5.41, 5.74) is 2.03. The predicted molar refractivity (Wildman–Crippen MR) is 89.7 cm³/mol. The highest BCUT2D eigenvalue weighted by Gasteiger charge is 2.30. The molecule has 2 N–H and O–H groups in total. The number of carbonyl (C=O) groups is 1. The van der Waals surface area contributed by atoms with Crippen molar-refractivity contribution in [2.75, 3.05) is 16.8 Å². The number of nitrogens with one attached hydrogen (secondary N) is 2. The van der Waals surface area contributed by atoms with Crippen molar-refractivity contribution >= 4 is 45.9 Å². The molecule has 1 saturated heterocycles. The van der Waals surface area contributed by atoms with E-state index < -0.39 is 0 Å². The first kappa shape index (κ1) is 14.7. The summed E-state index contributed by atoms with van der Waals surface area (Å²) in [6, 6.07) is 5.55. The van der Waals surface area contributed by atoms with Gasteiger partial charge in [-0.1, -0.05) is 11.6 Å². The second-order valence-electron chi connectivity index (χ2n) is 5.46. The average molecular weight is 345 g/mol. The Balaban J connectivity index is 1.70. The van der Waals surface area contributed by atoms with Crippen molar-refractivity contribution in [3.05, 3.63) is 35.7 Å². The van der Waals surface area contributed by atoms with Crippen LogP contribution in [0.4, 0.5) is 22.1 Å². The Morgan fingerprint density at radius 3 is 3.00 bits per heavy atom. The topological polar surface area (TPSA) is 96.0 Å². The molecule has 1 amide bonds. The molecule has 0 spiro atoms. The number of halogens is 1. The van der Waals surface area contributed by atoms with Gasteiger partial charge in [-0.25, -0.2) is 14.8 Å². The molecule has 0 bridgehead atoms. The van der Waals surface area contributed by atoms with Crippen molar-refractivity contribution < 1.29 is 9.53 Å². The van der Waals surface area contributed by atoms with E-state index in [1.54, 1.807) is 17.3 Å². The molecule has 1 fully saturated rings. The first-order valence-electron chi connectivity index (χ1n) is 7.30. The normalized spacial score (nSPS) is 17.3. The van der Waals surface area contributed by atoms with Crippen LogP contribution in [0.3, 0.4) is 0 Å². The molecule has 9 heteroatoms. The summed E-state index contributed by atoms with van der Waals surface area (Å²) in [5.74, 6) is 0.389. The lowest BCUT2D eigenvalue weighted by Gasteiger charge is -2.18. The maximum atomic E-state index is 11.9. The highest BCUT2D eigenvalue weighted by molar-refractivity contribution is 6.32. The van der Waals surface area contributed by atoms with E-state index in [1.807, 2.05) is 25.1 Å². The van der Waals surface area contributed by atoms with Crippen molar-refractivity contribution in [1.82, 2.24) is 20.2 Å². The highest BCUT2D eigenvalue weighted by atomic mass is 35.5. The number of hydrogen-bond acceptors (Lipinski definition) is 6. The van der Waals surface area contributed by atoms with Crippen molar-refractivity contribution in [2.24, 2.45) is 0 Å². The van der Waals surface area contributed by atoms with E-state index in [9.17, 15) is 4.79 Å². The molecule has 1 aliphatic heterocycles. The number of benzene rings is 1. The van der Waals surface area contributed by atoms with Crippen molar-refractivity contribution in [3.63, 3.8) is 0 Å². The van der Waals surface area contributed by atoms with Gasteiger partial charge in [-0.2, -0.15) is 5.10 Å². The van der Waals surface area contributed by atoms with E-state index >= 15 is 0 Å². The Morgan fingerprint density at radius 1 is 1.42 bits per heavy atom. The molecule has 3 heterocycles. The number of aromatic nitrogens is 4. The monoisotopic (exact) mass is 344 g/mol. The first-order valence-corrected chi connectivity index (χ1v) is 7.68. The molecule has 0 unspecified atom stereocenters. The van der Waals surface area contributed by atoms with E-state index in [0.717, 1.165) is 11.1 Å². The van der Waals surface area contributed by atoms with Gasteiger partial charge in [-0.05, 0) is 25.1 Å². The summed E-state index contributed by atoms with van der Waals surface area (Å²) in [4.78, 5) is 22.2. The molecular weight excluding hydrogens is 332 g/mol. The number of fused-ring (bicyclic) bond motifs is 1. The van der Waals surface area contributed by atoms with E-state index in [2.05, 4.69) is 25.5 Å². The number of nitrogens with zero attached hydrogens (tertiary/aromatic N) is 4. The maximum Gasteiger partial charge on any atom is 0.414 e. The Kier molecular flexibility index (Phi) is 3.46. The summed E-state index contributed by atoms with van der Waals surface area (Å²) in [7, 11) is 0. The highest BCUT2D eigenvalue weighted by Crippen LogP contribution is 2.27. The summed E-state index contributed by atoms with van der Waals surface area (Å²) in [5, 5.41) is 10.7. The van der Waals surface area contributed by atoms with E-state index in [0.29, 0.717) is 28.9 Å². The zero-order valence-electron chi connectivity index (χ0n) is 12.7. The lowest BCUT2D eigenvalue weighted by Crippen LogP contribution is -2.30. The Bertz CT molecular complexity index is 927. The van der Waals surface area contributed by atoms with Gasteiger partial charge in [0.05, 0.1) is 23.4 Å². The quantitative estimate of drug-likeness (QED) is 0.758. The molecule has 24 heavy (non-hydrogen) atoms. The molecule has 122 valence electrons. The molecular formula is C15H13ClN6O2. The summed E-state index contributed by atoms with van der Waals surface area (Å²) in [6.45, 7) is 2.31. The average Bonchev–Trinajstić information content (AvgIpc) is 3.12. The molecule has 0 radical (unpaired) electrons.